The summed E-state index contributed by atoms with van der Waals surface area (Å²) in [5, 5.41) is 1.33. The normalized spacial score (nSPS) is 19.9. The largest absolute Gasteiger partial charge is 0.497 e. The highest BCUT2D eigenvalue weighted by Gasteiger charge is 2.27. The molecule has 1 saturated heterocycles. The lowest BCUT2D eigenvalue weighted by Crippen LogP contribution is -2.37. The van der Waals surface area contributed by atoms with Gasteiger partial charge in [0.15, 0.2) is 0 Å². The Morgan fingerprint density at radius 2 is 1.74 bits per heavy atom. The van der Waals surface area contributed by atoms with Crippen LogP contribution in [0, 0.1) is 18.8 Å². The van der Waals surface area contributed by atoms with E-state index in [1.165, 1.54) is 86.7 Å². The molecule has 0 radical (unpaired) electrons. The monoisotopic (exact) mass is 390 g/mol. The lowest BCUT2D eigenvalue weighted by atomic mass is 9.76. The second-order valence-corrected chi connectivity index (χ2v) is 8.47. The molecule has 2 fully saturated rings. The minimum absolute atomic E-state index is 0. The Hall–Kier alpha value is -1.19. The minimum atomic E-state index is 0. The number of aryl methyl sites for hydroxylation is 1. The number of fused-ring (bicyclic) bond motifs is 1. The van der Waals surface area contributed by atoms with Gasteiger partial charge in [-0.3, -0.25) is 0 Å². The van der Waals surface area contributed by atoms with Crippen molar-refractivity contribution in [2.45, 2.75) is 58.3 Å². The number of rotatable bonds is 5. The van der Waals surface area contributed by atoms with Gasteiger partial charge in [-0.1, -0.05) is 32.1 Å². The number of hydrogen-bond acceptors (Lipinski definition) is 2. The van der Waals surface area contributed by atoms with Crippen LogP contribution in [-0.2, 0) is 6.42 Å². The van der Waals surface area contributed by atoms with Gasteiger partial charge in [-0.25, -0.2) is 0 Å². The molecule has 0 atom stereocenters. The first kappa shape index (κ1) is 20.5. The lowest BCUT2D eigenvalue weighted by Gasteiger charge is -2.37. The molecule has 2 aliphatic rings. The molecule has 1 N–H and O–H groups in total. The number of aromatic amines is 1. The molecule has 1 saturated carbocycles. The highest BCUT2D eigenvalue weighted by Crippen LogP contribution is 2.35. The van der Waals surface area contributed by atoms with Crippen LogP contribution in [0.1, 0.15) is 56.2 Å². The number of H-pyrrole nitrogens is 1. The van der Waals surface area contributed by atoms with E-state index >= 15 is 0 Å². The van der Waals surface area contributed by atoms with Crippen LogP contribution in [0.4, 0.5) is 0 Å². The molecule has 1 aliphatic heterocycles. The maximum absolute atomic E-state index is 5.43. The van der Waals surface area contributed by atoms with E-state index in [4.69, 9.17) is 4.74 Å². The van der Waals surface area contributed by atoms with Crippen molar-refractivity contribution in [2.75, 3.05) is 26.7 Å². The van der Waals surface area contributed by atoms with E-state index in [1.54, 1.807) is 7.11 Å². The van der Waals surface area contributed by atoms with Crippen molar-refractivity contribution >= 4 is 23.3 Å². The molecule has 1 aliphatic carbocycles. The first-order chi connectivity index (χ1) is 12.7. The summed E-state index contributed by atoms with van der Waals surface area (Å²) in [6.45, 7) is 5.98. The Labute approximate surface area is 170 Å². The SMILES string of the molecule is COc1ccc2[nH]c(C)c(CCN3CCC(C4CCCCC4)CC3)c2c1.Cl. The topological polar surface area (TPSA) is 28.3 Å². The number of likely N-dealkylation sites (tertiary alicyclic amines) is 1. The van der Waals surface area contributed by atoms with E-state index < -0.39 is 0 Å². The van der Waals surface area contributed by atoms with Crippen LogP contribution in [-0.4, -0.2) is 36.6 Å². The lowest BCUT2D eigenvalue weighted by molar-refractivity contribution is 0.128. The van der Waals surface area contributed by atoms with Crippen molar-refractivity contribution in [3.63, 3.8) is 0 Å². The van der Waals surface area contributed by atoms with E-state index in [-0.39, 0.29) is 12.4 Å². The highest BCUT2D eigenvalue weighted by atomic mass is 35.5. The highest BCUT2D eigenvalue weighted by molar-refractivity contribution is 5.86. The summed E-state index contributed by atoms with van der Waals surface area (Å²) in [5.41, 5.74) is 4.01. The minimum Gasteiger partial charge on any atom is -0.497 e. The first-order valence-electron chi connectivity index (χ1n) is 10.6. The molecule has 150 valence electrons. The molecule has 1 aromatic carbocycles. The number of nitrogens with zero attached hydrogens (tertiary/aromatic N) is 1. The Morgan fingerprint density at radius 1 is 1.04 bits per heavy atom. The fourth-order valence-electron chi connectivity index (χ4n) is 5.33. The Bertz CT molecular complexity index is 727. The number of methoxy groups -OCH3 is 1. The summed E-state index contributed by atoms with van der Waals surface area (Å²) in [7, 11) is 1.75. The zero-order valence-electron chi connectivity index (χ0n) is 16.9. The number of halogens is 1. The van der Waals surface area contributed by atoms with Gasteiger partial charge < -0.3 is 14.6 Å². The van der Waals surface area contributed by atoms with Gasteiger partial charge in [0.1, 0.15) is 5.75 Å². The van der Waals surface area contributed by atoms with Gasteiger partial charge in [0.05, 0.1) is 7.11 Å². The van der Waals surface area contributed by atoms with Crippen LogP contribution in [0.25, 0.3) is 10.9 Å². The number of aromatic nitrogens is 1. The zero-order valence-corrected chi connectivity index (χ0v) is 17.7. The molecule has 1 aromatic heterocycles. The molecule has 2 heterocycles. The van der Waals surface area contributed by atoms with E-state index in [2.05, 4.69) is 28.9 Å². The van der Waals surface area contributed by atoms with Gasteiger partial charge in [0.2, 0.25) is 0 Å². The van der Waals surface area contributed by atoms with Crippen molar-refractivity contribution in [3.8, 4) is 5.75 Å². The van der Waals surface area contributed by atoms with Crippen molar-refractivity contribution in [1.29, 1.82) is 0 Å². The summed E-state index contributed by atoms with van der Waals surface area (Å²) in [6.07, 6.45) is 11.4. The van der Waals surface area contributed by atoms with Crippen molar-refractivity contribution in [1.82, 2.24) is 9.88 Å². The summed E-state index contributed by atoms with van der Waals surface area (Å²) in [5.74, 6) is 2.99. The molecule has 0 amide bonds. The van der Waals surface area contributed by atoms with Gasteiger partial charge in [-0.15, -0.1) is 12.4 Å². The molecule has 3 nitrogen and oxygen atoms in total. The van der Waals surface area contributed by atoms with Gasteiger partial charge in [0.25, 0.3) is 0 Å². The van der Waals surface area contributed by atoms with Crippen LogP contribution in [0.15, 0.2) is 18.2 Å². The molecule has 0 unspecified atom stereocenters. The van der Waals surface area contributed by atoms with Crippen LogP contribution >= 0.6 is 12.4 Å². The third-order valence-corrected chi connectivity index (χ3v) is 6.95. The molecule has 4 rings (SSSR count). The van der Waals surface area contributed by atoms with Crippen molar-refractivity contribution < 1.29 is 4.74 Å². The van der Waals surface area contributed by atoms with Gasteiger partial charge >= 0.3 is 0 Å². The van der Waals surface area contributed by atoms with E-state index in [0.29, 0.717) is 0 Å². The molecular weight excluding hydrogens is 356 g/mol. The second kappa shape index (κ2) is 9.34. The van der Waals surface area contributed by atoms with Gasteiger partial charge in [-0.05, 0) is 74.9 Å². The number of benzene rings is 1. The predicted molar refractivity (Wildman–Crippen MR) is 116 cm³/mol. The van der Waals surface area contributed by atoms with Crippen molar-refractivity contribution in [2.24, 2.45) is 11.8 Å². The fraction of sp³-hybridized carbons (Fsp3) is 0.652. The van der Waals surface area contributed by atoms with Gasteiger partial charge in [0, 0.05) is 23.1 Å². The third kappa shape index (κ3) is 4.63. The smallest absolute Gasteiger partial charge is 0.119 e. The Kier molecular flexibility index (Phi) is 7.10. The molecule has 0 bridgehead atoms. The number of hydrogen-bond donors (Lipinski definition) is 1. The standard InChI is InChI=1S/C23H34N2O.ClH/c1-17-21(22-16-20(26-2)8-9-23(22)24-17)12-15-25-13-10-19(11-14-25)18-6-4-3-5-7-18;/h8-9,16,18-19,24H,3-7,10-15H2,1-2H3;1H. The third-order valence-electron chi connectivity index (χ3n) is 6.95. The van der Waals surface area contributed by atoms with E-state index in [0.717, 1.165) is 24.0 Å². The van der Waals surface area contributed by atoms with Crippen LogP contribution in [0.5, 0.6) is 5.75 Å². The predicted octanol–water partition coefficient (Wildman–Crippen LogP) is 5.74. The van der Waals surface area contributed by atoms with Crippen LogP contribution in [0.2, 0.25) is 0 Å². The van der Waals surface area contributed by atoms with Crippen molar-refractivity contribution in [3.05, 3.63) is 29.5 Å². The number of nitrogens with one attached hydrogen (secondary N) is 1. The molecule has 0 spiro atoms. The summed E-state index contributed by atoms with van der Waals surface area (Å²) in [4.78, 5) is 6.23. The fourth-order valence-corrected chi connectivity index (χ4v) is 5.33. The molecule has 27 heavy (non-hydrogen) atoms. The molecule has 2 aromatic rings. The summed E-state index contributed by atoms with van der Waals surface area (Å²) < 4.78 is 5.43. The quantitative estimate of drug-likeness (QED) is 0.704. The van der Waals surface area contributed by atoms with E-state index in [9.17, 15) is 0 Å². The Balaban J connectivity index is 0.00000210. The van der Waals surface area contributed by atoms with E-state index in [1.807, 2.05) is 6.07 Å². The zero-order chi connectivity index (χ0) is 17.9. The average molecular weight is 391 g/mol. The number of ether oxygens (including phenoxy) is 1. The number of piperidine rings is 1. The maximum atomic E-state index is 5.43. The first-order valence-corrected chi connectivity index (χ1v) is 10.6. The van der Waals surface area contributed by atoms with Gasteiger partial charge in [-0.2, -0.15) is 0 Å². The molecule has 4 heteroatoms. The summed E-state index contributed by atoms with van der Waals surface area (Å²) in [6, 6.07) is 6.36. The molecular formula is C23H35ClN2O. The van der Waals surface area contributed by atoms with Crippen LogP contribution in [0.3, 0.4) is 0 Å². The maximum Gasteiger partial charge on any atom is 0.119 e. The second-order valence-electron chi connectivity index (χ2n) is 8.47. The average Bonchev–Trinajstić information content (AvgIpc) is 3.01. The van der Waals surface area contributed by atoms with Crippen LogP contribution < -0.4 is 4.74 Å². The Morgan fingerprint density at radius 3 is 2.44 bits per heavy atom. The summed E-state index contributed by atoms with van der Waals surface area (Å²) >= 11 is 0.